The molecule has 16 heavy (non-hydrogen) atoms. The summed E-state index contributed by atoms with van der Waals surface area (Å²) in [6.07, 6.45) is 1.53. The van der Waals surface area contributed by atoms with Crippen molar-refractivity contribution in [3.63, 3.8) is 0 Å². The van der Waals surface area contributed by atoms with Crippen LogP contribution in [0, 0.1) is 5.82 Å². The maximum absolute atomic E-state index is 13.1. The van der Waals surface area contributed by atoms with Gasteiger partial charge < -0.3 is 5.11 Å². The van der Waals surface area contributed by atoms with Gasteiger partial charge in [-0.25, -0.2) is 9.18 Å². The third-order valence-electron chi connectivity index (χ3n) is 2.15. The summed E-state index contributed by atoms with van der Waals surface area (Å²) < 4.78 is 13.1. The average molecular weight is 217 g/mol. The lowest BCUT2D eigenvalue weighted by atomic mass is 10.0. The molecule has 4 heteroatoms. The van der Waals surface area contributed by atoms with Crippen LogP contribution < -0.4 is 0 Å². The van der Waals surface area contributed by atoms with E-state index in [1.165, 1.54) is 18.3 Å². The largest absolute Gasteiger partial charge is 0.478 e. The van der Waals surface area contributed by atoms with Gasteiger partial charge in [0.1, 0.15) is 5.82 Å². The van der Waals surface area contributed by atoms with Crippen molar-refractivity contribution in [3.8, 4) is 11.3 Å². The first-order valence-corrected chi connectivity index (χ1v) is 4.63. The van der Waals surface area contributed by atoms with Crippen LogP contribution in [0.4, 0.5) is 4.39 Å². The van der Waals surface area contributed by atoms with E-state index in [9.17, 15) is 9.18 Å². The Labute approximate surface area is 91.2 Å². The van der Waals surface area contributed by atoms with Gasteiger partial charge in [0, 0.05) is 11.8 Å². The standard InChI is InChI=1S/C12H8FNO2/c13-8-4-5-9(12(15)16)10(7-8)11-3-1-2-6-14-11/h1-7H,(H,15,16). The van der Waals surface area contributed by atoms with Crippen LogP contribution in [0.5, 0.6) is 0 Å². The van der Waals surface area contributed by atoms with Gasteiger partial charge in [-0.3, -0.25) is 4.98 Å². The molecule has 0 aliphatic heterocycles. The van der Waals surface area contributed by atoms with Gasteiger partial charge in [0.25, 0.3) is 0 Å². The molecule has 0 aliphatic rings. The van der Waals surface area contributed by atoms with Gasteiger partial charge >= 0.3 is 5.97 Å². The number of hydrogen-bond donors (Lipinski definition) is 1. The van der Waals surface area contributed by atoms with Gasteiger partial charge in [0.2, 0.25) is 0 Å². The molecule has 0 saturated carbocycles. The van der Waals surface area contributed by atoms with Gasteiger partial charge in [-0.15, -0.1) is 0 Å². The summed E-state index contributed by atoms with van der Waals surface area (Å²) in [7, 11) is 0. The highest BCUT2D eigenvalue weighted by molar-refractivity contribution is 5.95. The van der Waals surface area contributed by atoms with Crippen LogP contribution in [0.1, 0.15) is 10.4 Å². The van der Waals surface area contributed by atoms with Crippen molar-refractivity contribution in [2.75, 3.05) is 0 Å². The molecule has 1 N–H and O–H groups in total. The molecule has 0 fully saturated rings. The number of hydrogen-bond acceptors (Lipinski definition) is 2. The molecule has 0 radical (unpaired) electrons. The van der Waals surface area contributed by atoms with E-state index in [4.69, 9.17) is 5.11 Å². The smallest absolute Gasteiger partial charge is 0.336 e. The molecule has 2 aromatic rings. The number of pyridine rings is 1. The number of aromatic nitrogens is 1. The van der Waals surface area contributed by atoms with Crippen molar-refractivity contribution in [3.05, 3.63) is 54.0 Å². The highest BCUT2D eigenvalue weighted by Gasteiger charge is 2.12. The normalized spacial score (nSPS) is 10.1. The first-order chi connectivity index (χ1) is 7.68. The van der Waals surface area contributed by atoms with Crippen molar-refractivity contribution in [2.24, 2.45) is 0 Å². The molecule has 0 aliphatic carbocycles. The monoisotopic (exact) mass is 217 g/mol. The summed E-state index contributed by atoms with van der Waals surface area (Å²) >= 11 is 0. The fourth-order valence-corrected chi connectivity index (χ4v) is 1.44. The van der Waals surface area contributed by atoms with Crippen LogP contribution in [0.25, 0.3) is 11.3 Å². The lowest BCUT2D eigenvalue weighted by Gasteiger charge is -2.05. The zero-order chi connectivity index (χ0) is 11.5. The van der Waals surface area contributed by atoms with Gasteiger partial charge in [-0.1, -0.05) is 6.07 Å². The van der Waals surface area contributed by atoms with Crippen molar-refractivity contribution in [1.29, 1.82) is 0 Å². The van der Waals surface area contributed by atoms with Gasteiger partial charge in [-0.05, 0) is 30.3 Å². The average Bonchev–Trinajstić information content (AvgIpc) is 2.29. The molecule has 1 aromatic heterocycles. The Morgan fingerprint density at radius 2 is 2.06 bits per heavy atom. The molecular weight excluding hydrogens is 209 g/mol. The quantitative estimate of drug-likeness (QED) is 0.841. The first-order valence-electron chi connectivity index (χ1n) is 4.63. The lowest BCUT2D eigenvalue weighted by Crippen LogP contribution is -2.00. The molecule has 1 heterocycles. The molecule has 0 bridgehead atoms. The third kappa shape index (κ3) is 1.91. The fraction of sp³-hybridized carbons (Fsp3) is 0. The fourth-order valence-electron chi connectivity index (χ4n) is 1.44. The van der Waals surface area contributed by atoms with E-state index in [1.54, 1.807) is 18.2 Å². The molecule has 0 saturated heterocycles. The summed E-state index contributed by atoms with van der Waals surface area (Å²) in [5.41, 5.74) is 0.771. The summed E-state index contributed by atoms with van der Waals surface area (Å²) in [5, 5.41) is 8.97. The van der Waals surface area contributed by atoms with Crippen LogP contribution in [0.15, 0.2) is 42.6 Å². The number of carbonyl (C=O) groups is 1. The van der Waals surface area contributed by atoms with Crippen molar-refractivity contribution in [1.82, 2.24) is 4.98 Å². The predicted molar refractivity (Wildman–Crippen MR) is 56.6 cm³/mol. The molecule has 1 aromatic carbocycles. The molecule has 0 unspecified atom stereocenters. The Kier molecular flexibility index (Phi) is 2.64. The molecule has 0 amide bonds. The Morgan fingerprint density at radius 3 is 2.69 bits per heavy atom. The molecule has 0 atom stereocenters. The molecule has 80 valence electrons. The zero-order valence-corrected chi connectivity index (χ0v) is 8.22. The molecule has 2 rings (SSSR count). The van der Waals surface area contributed by atoms with Crippen LogP contribution in [0.3, 0.4) is 0 Å². The van der Waals surface area contributed by atoms with Crippen molar-refractivity contribution >= 4 is 5.97 Å². The van der Waals surface area contributed by atoms with Gasteiger partial charge in [0.15, 0.2) is 0 Å². The lowest BCUT2D eigenvalue weighted by molar-refractivity contribution is 0.0697. The minimum Gasteiger partial charge on any atom is -0.478 e. The number of carboxylic acid groups (broad SMARTS) is 1. The van der Waals surface area contributed by atoms with Gasteiger partial charge in [-0.2, -0.15) is 0 Å². The van der Waals surface area contributed by atoms with E-state index in [0.717, 1.165) is 6.07 Å². The van der Waals surface area contributed by atoms with Crippen LogP contribution >= 0.6 is 0 Å². The number of halogens is 1. The van der Waals surface area contributed by atoms with E-state index >= 15 is 0 Å². The second-order valence-corrected chi connectivity index (χ2v) is 3.21. The Balaban J connectivity index is 2.63. The maximum atomic E-state index is 13.1. The Morgan fingerprint density at radius 1 is 1.25 bits per heavy atom. The number of carboxylic acids is 1. The minimum atomic E-state index is -1.10. The van der Waals surface area contributed by atoms with Crippen molar-refractivity contribution in [2.45, 2.75) is 0 Å². The van der Waals surface area contributed by atoms with E-state index in [-0.39, 0.29) is 11.1 Å². The van der Waals surface area contributed by atoms with E-state index in [1.807, 2.05) is 0 Å². The van der Waals surface area contributed by atoms with E-state index in [0.29, 0.717) is 5.69 Å². The highest BCUT2D eigenvalue weighted by Crippen LogP contribution is 2.22. The van der Waals surface area contributed by atoms with Gasteiger partial charge in [0.05, 0.1) is 11.3 Å². The second kappa shape index (κ2) is 4.10. The van der Waals surface area contributed by atoms with E-state index < -0.39 is 11.8 Å². The number of rotatable bonds is 2. The zero-order valence-electron chi connectivity index (χ0n) is 8.22. The number of nitrogens with zero attached hydrogens (tertiary/aromatic N) is 1. The third-order valence-corrected chi connectivity index (χ3v) is 2.15. The summed E-state index contributed by atoms with van der Waals surface area (Å²) in [5.74, 6) is -1.58. The van der Waals surface area contributed by atoms with E-state index in [2.05, 4.69) is 4.98 Å². The summed E-state index contributed by atoms with van der Waals surface area (Å²) in [4.78, 5) is 15.0. The minimum absolute atomic E-state index is 0.0418. The predicted octanol–water partition coefficient (Wildman–Crippen LogP) is 2.59. The first kappa shape index (κ1) is 10.3. The molecule has 0 spiro atoms. The highest BCUT2D eigenvalue weighted by atomic mass is 19.1. The van der Waals surface area contributed by atoms with Crippen LogP contribution in [-0.2, 0) is 0 Å². The molecule has 3 nitrogen and oxygen atoms in total. The molecular formula is C12H8FNO2. The summed E-state index contributed by atoms with van der Waals surface area (Å²) in [6.45, 7) is 0. The Bertz CT molecular complexity index is 526. The number of benzene rings is 1. The van der Waals surface area contributed by atoms with Crippen LogP contribution in [-0.4, -0.2) is 16.1 Å². The maximum Gasteiger partial charge on any atom is 0.336 e. The topological polar surface area (TPSA) is 50.2 Å². The van der Waals surface area contributed by atoms with Crippen LogP contribution in [0.2, 0.25) is 0 Å². The summed E-state index contributed by atoms with van der Waals surface area (Å²) in [6, 6.07) is 8.60. The Hall–Kier alpha value is -2.23. The van der Waals surface area contributed by atoms with Crippen molar-refractivity contribution < 1.29 is 14.3 Å². The SMILES string of the molecule is O=C(O)c1ccc(F)cc1-c1ccccn1. The second-order valence-electron chi connectivity index (χ2n) is 3.21. The number of aromatic carboxylic acids is 1.